The first-order chi connectivity index (χ1) is 9.65. The summed E-state index contributed by atoms with van der Waals surface area (Å²) in [5.41, 5.74) is 6.84. The molecule has 0 aliphatic carbocycles. The number of carbonyl (C=O) groups is 1. The lowest BCUT2D eigenvalue weighted by Gasteiger charge is -2.26. The molecule has 1 amide bonds. The van der Waals surface area contributed by atoms with Gasteiger partial charge in [-0.05, 0) is 12.8 Å². The Bertz CT molecular complexity index is 703. The number of carbonyl (C=O) groups excluding carboxylic acids is 1. The smallest absolute Gasteiger partial charge is 0.252 e. The van der Waals surface area contributed by atoms with Gasteiger partial charge in [-0.1, -0.05) is 0 Å². The van der Waals surface area contributed by atoms with Crippen molar-refractivity contribution in [2.45, 2.75) is 25.4 Å². The molecule has 4 N–H and O–H groups in total. The predicted octanol–water partition coefficient (Wildman–Crippen LogP) is 0.617. The van der Waals surface area contributed by atoms with Crippen LogP contribution in [0.15, 0.2) is 29.6 Å². The van der Waals surface area contributed by atoms with Gasteiger partial charge in [-0.3, -0.25) is 9.59 Å². The molecule has 2 aromatic rings. The minimum absolute atomic E-state index is 0.0196. The number of hydrogen-bond acceptors (Lipinski definition) is 4. The summed E-state index contributed by atoms with van der Waals surface area (Å²) < 4.78 is 2.07. The molecule has 0 aromatic carbocycles. The second-order valence-electron chi connectivity index (χ2n) is 4.84. The first kappa shape index (κ1) is 12.5. The third-order valence-corrected chi connectivity index (χ3v) is 3.51. The Morgan fingerprint density at radius 1 is 1.55 bits per heavy atom. The van der Waals surface area contributed by atoms with Crippen molar-refractivity contribution in [1.82, 2.24) is 14.5 Å². The number of imidazole rings is 1. The van der Waals surface area contributed by atoms with Crippen molar-refractivity contribution in [3.8, 4) is 0 Å². The van der Waals surface area contributed by atoms with Crippen LogP contribution < -0.4 is 16.6 Å². The minimum atomic E-state index is -0.576. The van der Waals surface area contributed by atoms with E-state index in [1.54, 1.807) is 12.5 Å². The second kappa shape index (κ2) is 4.84. The molecule has 0 saturated carbocycles. The molecular weight excluding hydrogens is 258 g/mol. The first-order valence-electron chi connectivity index (χ1n) is 6.44. The summed E-state index contributed by atoms with van der Waals surface area (Å²) in [6.45, 7) is 0.936. The van der Waals surface area contributed by atoms with Crippen molar-refractivity contribution in [2.24, 2.45) is 5.73 Å². The Labute approximate surface area is 114 Å². The summed E-state index contributed by atoms with van der Waals surface area (Å²) >= 11 is 0. The summed E-state index contributed by atoms with van der Waals surface area (Å²) in [6.07, 6.45) is 6.85. The van der Waals surface area contributed by atoms with E-state index in [1.165, 1.54) is 12.3 Å². The molecule has 3 heterocycles. The first-order valence-corrected chi connectivity index (χ1v) is 6.44. The average molecular weight is 273 g/mol. The molecule has 0 fully saturated rings. The van der Waals surface area contributed by atoms with Gasteiger partial charge in [0.2, 0.25) is 5.56 Å². The maximum absolute atomic E-state index is 11.4. The fourth-order valence-corrected chi connectivity index (χ4v) is 2.55. The van der Waals surface area contributed by atoms with E-state index < -0.39 is 5.91 Å². The Morgan fingerprint density at radius 3 is 3.20 bits per heavy atom. The lowest BCUT2D eigenvalue weighted by molar-refractivity contribution is 0.100. The number of hydrogen-bond donors (Lipinski definition) is 3. The molecular formula is C13H15N5O2. The van der Waals surface area contributed by atoms with Crippen LogP contribution in [0.4, 0.5) is 5.69 Å². The fourth-order valence-electron chi connectivity index (χ4n) is 2.55. The zero-order chi connectivity index (χ0) is 14.1. The number of rotatable bonds is 3. The van der Waals surface area contributed by atoms with E-state index in [9.17, 15) is 9.59 Å². The highest BCUT2D eigenvalue weighted by Gasteiger charge is 2.22. The SMILES string of the molecule is NC(=O)c1c[nH]c(=O)cc1N[C@H]1CCCn2cncc21. The van der Waals surface area contributed by atoms with Crippen LogP contribution in [0.1, 0.15) is 34.9 Å². The highest BCUT2D eigenvalue weighted by molar-refractivity contribution is 5.98. The van der Waals surface area contributed by atoms with Crippen molar-refractivity contribution >= 4 is 11.6 Å². The minimum Gasteiger partial charge on any atom is -0.376 e. The van der Waals surface area contributed by atoms with Crippen molar-refractivity contribution < 1.29 is 4.79 Å². The summed E-state index contributed by atoms with van der Waals surface area (Å²) in [5, 5.41) is 3.23. The normalized spacial score (nSPS) is 17.5. The van der Waals surface area contributed by atoms with E-state index in [4.69, 9.17) is 5.73 Å². The van der Waals surface area contributed by atoms with Crippen molar-refractivity contribution in [2.75, 3.05) is 5.32 Å². The number of aromatic nitrogens is 3. The zero-order valence-corrected chi connectivity index (χ0v) is 10.8. The summed E-state index contributed by atoms with van der Waals surface area (Å²) in [5.74, 6) is -0.576. The van der Waals surface area contributed by atoms with Crippen LogP contribution in [0.5, 0.6) is 0 Å². The van der Waals surface area contributed by atoms with E-state index >= 15 is 0 Å². The van der Waals surface area contributed by atoms with Crippen LogP contribution in [0, 0.1) is 0 Å². The summed E-state index contributed by atoms with van der Waals surface area (Å²) in [6, 6.07) is 1.38. The van der Waals surface area contributed by atoms with Crippen LogP contribution in [0.3, 0.4) is 0 Å². The molecule has 0 unspecified atom stereocenters. The largest absolute Gasteiger partial charge is 0.376 e. The van der Waals surface area contributed by atoms with Crippen LogP contribution >= 0.6 is 0 Å². The maximum Gasteiger partial charge on any atom is 0.252 e. The number of anilines is 1. The predicted molar refractivity (Wildman–Crippen MR) is 73.4 cm³/mol. The van der Waals surface area contributed by atoms with Crippen molar-refractivity contribution in [1.29, 1.82) is 0 Å². The van der Waals surface area contributed by atoms with Crippen molar-refractivity contribution in [3.05, 3.63) is 46.4 Å². The molecule has 0 spiro atoms. The van der Waals surface area contributed by atoms with Gasteiger partial charge in [-0.2, -0.15) is 0 Å². The van der Waals surface area contributed by atoms with Gasteiger partial charge in [0.05, 0.1) is 35.5 Å². The monoisotopic (exact) mass is 273 g/mol. The molecule has 7 heteroatoms. The van der Waals surface area contributed by atoms with Gasteiger partial charge in [0.25, 0.3) is 5.91 Å². The molecule has 0 saturated heterocycles. The standard InChI is InChI=1S/C13H15N5O2/c14-13(20)8-5-16-12(19)4-10(8)17-9-2-1-3-18-7-15-6-11(9)18/h4-7,9H,1-3H2,(H2,14,20)(H2,16,17,19)/t9-/m0/s1. The number of aromatic amines is 1. The number of primary amides is 1. The van der Waals surface area contributed by atoms with Gasteiger partial charge in [0, 0.05) is 18.8 Å². The highest BCUT2D eigenvalue weighted by atomic mass is 16.1. The zero-order valence-electron chi connectivity index (χ0n) is 10.8. The van der Waals surface area contributed by atoms with Gasteiger partial charge >= 0.3 is 0 Å². The quantitative estimate of drug-likeness (QED) is 0.762. The molecule has 1 aliphatic rings. The summed E-state index contributed by atoms with van der Waals surface area (Å²) in [4.78, 5) is 29.4. The topological polar surface area (TPSA) is 106 Å². The Balaban J connectivity index is 1.95. The lowest BCUT2D eigenvalue weighted by atomic mass is 10.0. The van der Waals surface area contributed by atoms with Crippen LogP contribution in [-0.2, 0) is 6.54 Å². The Kier molecular flexibility index (Phi) is 3.02. The summed E-state index contributed by atoms with van der Waals surface area (Å²) in [7, 11) is 0. The molecule has 1 aliphatic heterocycles. The maximum atomic E-state index is 11.4. The van der Waals surface area contributed by atoms with E-state index in [0.717, 1.165) is 25.1 Å². The van der Waals surface area contributed by atoms with E-state index in [-0.39, 0.29) is 17.2 Å². The number of nitrogens with zero attached hydrogens (tertiary/aromatic N) is 2. The number of amides is 1. The van der Waals surface area contributed by atoms with Gasteiger partial charge in [0.1, 0.15) is 0 Å². The molecule has 104 valence electrons. The number of aryl methyl sites for hydroxylation is 1. The van der Waals surface area contributed by atoms with Gasteiger partial charge in [-0.25, -0.2) is 4.98 Å². The number of nitrogens with two attached hydrogens (primary N) is 1. The van der Waals surface area contributed by atoms with Gasteiger partial charge in [0.15, 0.2) is 0 Å². The third kappa shape index (κ3) is 2.18. The molecule has 0 bridgehead atoms. The molecule has 2 aromatic heterocycles. The molecule has 0 radical (unpaired) electrons. The molecule has 7 nitrogen and oxygen atoms in total. The Morgan fingerprint density at radius 2 is 2.40 bits per heavy atom. The highest BCUT2D eigenvalue weighted by Crippen LogP contribution is 2.28. The van der Waals surface area contributed by atoms with Crippen molar-refractivity contribution in [3.63, 3.8) is 0 Å². The molecule has 20 heavy (non-hydrogen) atoms. The second-order valence-corrected chi connectivity index (χ2v) is 4.84. The number of nitrogens with one attached hydrogen (secondary N) is 2. The van der Waals surface area contributed by atoms with E-state index in [1.807, 2.05) is 0 Å². The van der Waals surface area contributed by atoms with Crippen LogP contribution in [0.25, 0.3) is 0 Å². The number of pyridine rings is 1. The lowest BCUT2D eigenvalue weighted by Crippen LogP contribution is -2.24. The molecule has 1 atom stereocenters. The van der Waals surface area contributed by atoms with Gasteiger partial charge < -0.3 is 20.6 Å². The van der Waals surface area contributed by atoms with Gasteiger partial charge in [-0.15, -0.1) is 0 Å². The number of fused-ring (bicyclic) bond motifs is 1. The average Bonchev–Trinajstić information content (AvgIpc) is 2.88. The Hall–Kier alpha value is -2.57. The van der Waals surface area contributed by atoms with Crippen LogP contribution in [-0.4, -0.2) is 20.4 Å². The fraction of sp³-hybridized carbons (Fsp3) is 0.308. The van der Waals surface area contributed by atoms with Crippen LogP contribution in [0.2, 0.25) is 0 Å². The molecule has 3 rings (SSSR count). The van der Waals surface area contributed by atoms with E-state index in [2.05, 4.69) is 19.9 Å². The number of H-pyrrole nitrogens is 1. The third-order valence-electron chi connectivity index (χ3n) is 3.51. The van der Waals surface area contributed by atoms with E-state index in [0.29, 0.717) is 5.69 Å².